The molecule has 1 fully saturated rings. The van der Waals surface area contributed by atoms with E-state index in [1.165, 1.54) is 0 Å². The first-order valence-corrected chi connectivity index (χ1v) is 11.2. The van der Waals surface area contributed by atoms with Crippen LogP contribution >= 0.6 is 0 Å². The fourth-order valence-electron chi connectivity index (χ4n) is 4.17. The van der Waals surface area contributed by atoms with Crippen molar-refractivity contribution >= 4 is 5.82 Å². The number of nitrogens with zero attached hydrogens (tertiary/aromatic N) is 6. The summed E-state index contributed by atoms with van der Waals surface area (Å²) in [5.74, 6) is 1.51. The lowest BCUT2D eigenvalue weighted by Crippen LogP contribution is -2.43. The Labute approximate surface area is 192 Å². The summed E-state index contributed by atoms with van der Waals surface area (Å²) < 4.78 is 3.55. The van der Waals surface area contributed by atoms with E-state index in [1.54, 1.807) is 9.36 Å². The van der Waals surface area contributed by atoms with Gasteiger partial charge < -0.3 is 15.7 Å². The number of hydrogen-bond donors (Lipinski definition) is 3. The molecule has 5 rings (SSSR count). The van der Waals surface area contributed by atoms with Gasteiger partial charge in [0.25, 0.3) is 0 Å². The van der Waals surface area contributed by atoms with Crippen LogP contribution in [-0.4, -0.2) is 60.4 Å². The molecular formula is C24H28N8O. The molecule has 1 aliphatic heterocycles. The highest BCUT2D eigenvalue weighted by molar-refractivity contribution is 5.75. The van der Waals surface area contributed by atoms with Crippen molar-refractivity contribution in [3.8, 4) is 33.8 Å². The van der Waals surface area contributed by atoms with Crippen molar-refractivity contribution in [1.29, 1.82) is 0 Å². The Morgan fingerprint density at radius 3 is 2.76 bits per heavy atom. The molecule has 0 spiro atoms. The molecule has 9 nitrogen and oxygen atoms in total. The van der Waals surface area contributed by atoms with Crippen molar-refractivity contribution in [3.05, 3.63) is 55.1 Å². The van der Waals surface area contributed by atoms with Gasteiger partial charge >= 0.3 is 0 Å². The van der Waals surface area contributed by atoms with Crippen molar-refractivity contribution in [2.45, 2.75) is 12.5 Å². The number of aliphatic hydroxyl groups excluding tert-OH is 1. The number of aromatic nitrogens is 6. The summed E-state index contributed by atoms with van der Waals surface area (Å²) in [7, 11) is 3.80. The molecule has 1 aromatic carbocycles. The van der Waals surface area contributed by atoms with E-state index in [2.05, 4.69) is 37.9 Å². The maximum Gasteiger partial charge on any atom is 0.161 e. The Hall–Kier alpha value is -3.56. The number of benzene rings is 1. The van der Waals surface area contributed by atoms with Crippen LogP contribution in [0.15, 0.2) is 55.1 Å². The number of anilines is 1. The molecule has 170 valence electrons. The molecule has 0 amide bonds. The number of aryl methyl sites for hydroxylation is 2. The van der Waals surface area contributed by atoms with Crippen LogP contribution in [0.2, 0.25) is 0 Å². The quantitative estimate of drug-likeness (QED) is 0.419. The van der Waals surface area contributed by atoms with Crippen LogP contribution in [0, 0.1) is 5.92 Å². The van der Waals surface area contributed by atoms with E-state index in [9.17, 15) is 5.11 Å². The summed E-state index contributed by atoms with van der Waals surface area (Å²) in [4.78, 5) is 9.55. The van der Waals surface area contributed by atoms with E-state index in [1.807, 2.05) is 57.1 Å². The van der Waals surface area contributed by atoms with Crippen LogP contribution < -0.4 is 10.6 Å². The highest BCUT2D eigenvalue weighted by Gasteiger charge is 2.23. The minimum absolute atomic E-state index is 0.162. The number of nitrogens with one attached hydrogen (secondary N) is 2. The van der Waals surface area contributed by atoms with Crippen LogP contribution in [0.3, 0.4) is 0 Å². The molecule has 3 aromatic heterocycles. The van der Waals surface area contributed by atoms with Crippen molar-refractivity contribution in [2.24, 2.45) is 20.0 Å². The molecule has 3 N–H and O–H groups in total. The average molecular weight is 445 g/mol. The molecule has 1 saturated heterocycles. The van der Waals surface area contributed by atoms with Gasteiger partial charge in [-0.15, -0.1) is 0 Å². The van der Waals surface area contributed by atoms with E-state index in [-0.39, 0.29) is 12.0 Å². The second-order valence-corrected chi connectivity index (χ2v) is 8.52. The maximum absolute atomic E-state index is 10.4. The zero-order valence-corrected chi connectivity index (χ0v) is 18.8. The molecule has 9 heteroatoms. The van der Waals surface area contributed by atoms with Crippen LogP contribution in [-0.2, 0) is 14.1 Å². The molecule has 0 bridgehead atoms. The monoisotopic (exact) mass is 444 g/mol. The van der Waals surface area contributed by atoms with Gasteiger partial charge in [-0.2, -0.15) is 10.2 Å². The van der Waals surface area contributed by atoms with E-state index in [0.717, 1.165) is 46.7 Å². The van der Waals surface area contributed by atoms with Gasteiger partial charge in [0.2, 0.25) is 0 Å². The first kappa shape index (κ1) is 21.3. The third kappa shape index (κ3) is 4.64. The zero-order valence-electron chi connectivity index (χ0n) is 18.8. The van der Waals surface area contributed by atoms with Gasteiger partial charge in [0.05, 0.1) is 23.6 Å². The van der Waals surface area contributed by atoms with Crippen molar-refractivity contribution in [2.75, 3.05) is 25.0 Å². The van der Waals surface area contributed by atoms with Gasteiger partial charge in [-0.25, -0.2) is 9.97 Å². The summed E-state index contributed by atoms with van der Waals surface area (Å²) in [6.07, 6.45) is 8.10. The topological polar surface area (TPSA) is 106 Å². The fourth-order valence-corrected chi connectivity index (χ4v) is 4.17. The predicted molar refractivity (Wildman–Crippen MR) is 127 cm³/mol. The third-order valence-corrected chi connectivity index (χ3v) is 6.06. The van der Waals surface area contributed by atoms with Crippen molar-refractivity contribution < 1.29 is 5.11 Å². The molecule has 0 radical (unpaired) electrons. The Bertz CT molecular complexity index is 1250. The summed E-state index contributed by atoms with van der Waals surface area (Å²) in [6.45, 7) is 2.16. The lowest BCUT2D eigenvalue weighted by molar-refractivity contribution is 0.0883. The second kappa shape index (κ2) is 9.13. The van der Waals surface area contributed by atoms with Crippen LogP contribution in [0.1, 0.15) is 6.42 Å². The Morgan fingerprint density at radius 1 is 1.12 bits per heavy atom. The Morgan fingerprint density at radius 2 is 2.00 bits per heavy atom. The van der Waals surface area contributed by atoms with E-state index >= 15 is 0 Å². The van der Waals surface area contributed by atoms with E-state index in [0.29, 0.717) is 18.9 Å². The fraction of sp³-hybridized carbons (Fsp3) is 0.333. The van der Waals surface area contributed by atoms with E-state index < -0.39 is 0 Å². The molecule has 33 heavy (non-hydrogen) atoms. The summed E-state index contributed by atoms with van der Waals surface area (Å²) in [6, 6.07) is 10.1. The lowest BCUT2D eigenvalue weighted by Gasteiger charge is -2.28. The molecule has 4 aromatic rings. The lowest BCUT2D eigenvalue weighted by atomic mass is 9.95. The first-order valence-electron chi connectivity index (χ1n) is 11.2. The van der Waals surface area contributed by atoms with Gasteiger partial charge in [-0.05, 0) is 30.7 Å². The number of β-amino-alcohol motifs (C(OH)–C–C–N with tert-alkyl or cyclic N) is 1. The highest BCUT2D eigenvalue weighted by Crippen LogP contribution is 2.29. The second-order valence-electron chi connectivity index (χ2n) is 8.52. The molecule has 4 heterocycles. The first-order chi connectivity index (χ1) is 16.1. The van der Waals surface area contributed by atoms with Crippen molar-refractivity contribution in [1.82, 2.24) is 34.8 Å². The molecule has 0 unspecified atom stereocenters. The predicted octanol–water partition coefficient (Wildman–Crippen LogP) is 2.33. The van der Waals surface area contributed by atoms with Crippen molar-refractivity contribution in [3.63, 3.8) is 0 Å². The molecule has 0 aliphatic carbocycles. The van der Waals surface area contributed by atoms with Gasteiger partial charge in [0, 0.05) is 62.8 Å². The van der Waals surface area contributed by atoms with Gasteiger partial charge in [0.1, 0.15) is 5.82 Å². The third-order valence-electron chi connectivity index (χ3n) is 6.06. The number of piperidine rings is 1. The number of rotatable bonds is 6. The minimum Gasteiger partial charge on any atom is -0.391 e. The Balaban J connectivity index is 1.48. The van der Waals surface area contributed by atoms with Gasteiger partial charge in [-0.3, -0.25) is 9.36 Å². The van der Waals surface area contributed by atoms with Crippen LogP contribution in [0.4, 0.5) is 5.82 Å². The normalized spacial score (nSPS) is 18.4. The number of hydrogen-bond acceptors (Lipinski definition) is 7. The molecule has 2 atom stereocenters. The average Bonchev–Trinajstić information content (AvgIpc) is 3.47. The zero-order chi connectivity index (χ0) is 22.8. The maximum atomic E-state index is 10.4. The van der Waals surface area contributed by atoms with E-state index in [4.69, 9.17) is 4.98 Å². The molecule has 0 saturated carbocycles. The molecular weight excluding hydrogens is 416 g/mol. The van der Waals surface area contributed by atoms with Gasteiger partial charge in [-0.1, -0.05) is 18.2 Å². The number of aliphatic hydroxyl groups is 1. The van der Waals surface area contributed by atoms with Crippen LogP contribution in [0.5, 0.6) is 0 Å². The summed E-state index contributed by atoms with van der Waals surface area (Å²) in [5, 5.41) is 25.9. The largest absolute Gasteiger partial charge is 0.391 e. The smallest absolute Gasteiger partial charge is 0.161 e. The Kier molecular flexibility index (Phi) is 5.89. The summed E-state index contributed by atoms with van der Waals surface area (Å²) in [5.41, 5.74) is 4.68. The highest BCUT2D eigenvalue weighted by atomic mass is 16.3. The van der Waals surface area contributed by atoms with Crippen LogP contribution in [0.25, 0.3) is 33.8 Å². The minimum atomic E-state index is -0.373. The summed E-state index contributed by atoms with van der Waals surface area (Å²) >= 11 is 0. The standard InChI is InChI=1S/C24H28N8O/c1-31-9-7-21(30-31)20-13-27-23(29-24(20)26-11-18-6-8-25-14-22(18)33)17-5-3-4-16(10-17)19-12-28-32(2)15-19/h3-5,7,9-10,12-13,15,18,22,25,33H,6,8,11,14H2,1-2H3,(H,26,27,29)/t18-,22-/m1/s1. The SMILES string of the molecule is Cn1cc(-c2cccc(-c3ncc(-c4ccn(C)n4)c(NC[C@H]4CCNC[C@H]4O)n3)c2)cn1. The molecule has 1 aliphatic rings. The van der Waals surface area contributed by atoms with Gasteiger partial charge in [0.15, 0.2) is 5.82 Å².